The first kappa shape index (κ1) is 12.8. The monoisotopic (exact) mass is 265 g/mol. The predicted octanol–water partition coefficient (Wildman–Crippen LogP) is 4.53. The highest BCUT2D eigenvalue weighted by molar-refractivity contribution is 7.10. The maximum Gasteiger partial charge on any atom is 0.0391 e. The van der Waals surface area contributed by atoms with Crippen molar-refractivity contribution in [2.45, 2.75) is 39.8 Å². The third-order valence-corrected chi connectivity index (χ3v) is 5.25. The fraction of sp³-hybridized carbons (Fsp3) is 0.429. The zero-order valence-corrected chi connectivity index (χ0v) is 12.3. The van der Waals surface area contributed by atoms with Crippen LogP contribution in [0.5, 0.6) is 0 Å². The minimum atomic E-state index is 0.446. The Kier molecular flexibility index (Phi) is 4.37. The average molecular weight is 265 g/mol. The van der Waals surface area contributed by atoms with E-state index >= 15 is 0 Å². The van der Waals surface area contributed by atoms with Gasteiger partial charge in [0.05, 0.1) is 0 Å². The molecule has 0 radical (unpaired) electrons. The number of rotatable bonds is 5. The molecule has 0 aliphatic heterocycles. The molecule has 0 bridgehead atoms. The molecule has 1 nitrogen and oxygen atoms in total. The van der Waals surface area contributed by atoms with E-state index in [1.54, 1.807) is 0 Å². The Bertz CT molecular complexity index is 470. The van der Waals surface area contributed by atoms with Crippen molar-refractivity contribution in [3.63, 3.8) is 0 Å². The molecule has 0 aliphatic carbocycles. The molecule has 3 heteroatoms. The number of hydrogen-bond acceptors (Lipinski definition) is 3. The zero-order chi connectivity index (χ0) is 12.3. The SMILES string of the molecule is CCc1ccsc1CNC(C)c1sccc1C. The van der Waals surface area contributed by atoms with Crippen molar-refractivity contribution < 1.29 is 0 Å². The largest absolute Gasteiger partial charge is 0.305 e. The Labute approximate surface area is 112 Å². The van der Waals surface area contributed by atoms with Crippen LogP contribution in [0.2, 0.25) is 0 Å². The van der Waals surface area contributed by atoms with E-state index in [9.17, 15) is 0 Å². The van der Waals surface area contributed by atoms with Crippen LogP contribution in [-0.2, 0) is 13.0 Å². The predicted molar refractivity (Wildman–Crippen MR) is 78.0 cm³/mol. The summed E-state index contributed by atoms with van der Waals surface area (Å²) in [5.74, 6) is 0. The second-order valence-electron chi connectivity index (χ2n) is 4.29. The van der Waals surface area contributed by atoms with Crippen LogP contribution in [0.15, 0.2) is 22.9 Å². The van der Waals surface area contributed by atoms with Crippen molar-refractivity contribution in [1.82, 2.24) is 5.32 Å². The molecule has 1 unspecified atom stereocenters. The molecule has 1 N–H and O–H groups in total. The number of nitrogens with one attached hydrogen (secondary N) is 1. The first-order valence-electron chi connectivity index (χ1n) is 6.05. The second-order valence-corrected chi connectivity index (χ2v) is 6.24. The van der Waals surface area contributed by atoms with Crippen molar-refractivity contribution in [1.29, 1.82) is 0 Å². The van der Waals surface area contributed by atoms with E-state index in [2.05, 4.69) is 49.0 Å². The minimum absolute atomic E-state index is 0.446. The van der Waals surface area contributed by atoms with Crippen LogP contribution in [-0.4, -0.2) is 0 Å². The van der Waals surface area contributed by atoms with Crippen molar-refractivity contribution in [3.8, 4) is 0 Å². The fourth-order valence-corrected chi connectivity index (χ4v) is 3.89. The molecule has 2 aromatic rings. The Hall–Kier alpha value is -0.640. The van der Waals surface area contributed by atoms with Gasteiger partial charge in [0, 0.05) is 22.3 Å². The van der Waals surface area contributed by atoms with Gasteiger partial charge in [-0.3, -0.25) is 0 Å². The van der Waals surface area contributed by atoms with Crippen molar-refractivity contribution in [3.05, 3.63) is 43.8 Å². The molecule has 0 saturated carbocycles. The van der Waals surface area contributed by atoms with Gasteiger partial charge in [-0.2, -0.15) is 0 Å². The molecule has 2 rings (SSSR count). The molecule has 2 heterocycles. The molecular formula is C14H19NS2. The Morgan fingerprint density at radius 1 is 1.24 bits per heavy atom. The van der Waals surface area contributed by atoms with Gasteiger partial charge < -0.3 is 5.32 Å². The first-order chi connectivity index (χ1) is 8.22. The number of aryl methyl sites for hydroxylation is 2. The summed E-state index contributed by atoms with van der Waals surface area (Å²) in [5, 5.41) is 7.99. The van der Waals surface area contributed by atoms with E-state index in [4.69, 9.17) is 0 Å². The summed E-state index contributed by atoms with van der Waals surface area (Å²) >= 11 is 3.70. The normalized spacial score (nSPS) is 12.9. The maximum absolute atomic E-state index is 3.62. The number of thiophene rings is 2. The molecule has 92 valence electrons. The molecule has 1 atom stereocenters. The molecule has 0 spiro atoms. The highest BCUT2D eigenvalue weighted by atomic mass is 32.1. The smallest absolute Gasteiger partial charge is 0.0391 e. The number of hydrogen-bond donors (Lipinski definition) is 1. The summed E-state index contributed by atoms with van der Waals surface area (Å²) in [6, 6.07) is 4.88. The lowest BCUT2D eigenvalue weighted by Gasteiger charge is -2.13. The standard InChI is InChI=1S/C14H19NS2/c1-4-12-6-8-16-13(12)9-15-11(3)14-10(2)5-7-17-14/h5-8,11,15H,4,9H2,1-3H3. The fourth-order valence-electron chi connectivity index (χ4n) is 2.00. The van der Waals surface area contributed by atoms with E-state index in [0.717, 1.165) is 13.0 Å². The van der Waals surface area contributed by atoms with Crippen LogP contribution in [0.3, 0.4) is 0 Å². The molecule has 0 aromatic carbocycles. The van der Waals surface area contributed by atoms with E-state index in [-0.39, 0.29) is 0 Å². The summed E-state index contributed by atoms with van der Waals surface area (Å²) in [6.07, 6.45) is 1.13. The van der Waals surface area contributed by atoms with Gasteiger partial charge in [0.15, 0.2) is 0 Å². The first-order valence-corrected chi connectivity index (χ1v) is 7.81. The molecule has 0 aliphatic rings. The van der Waals surface area contributed by atoms with Crippen molar-refractivity contribution >= 4 is 22.7 Å². The van der Waals surface area contributed by atoms with Crippen LogP contribution in [0.4, 0.5) is 0 Å². The summed E-state index contributed by atoms with van der Waals surface area (Å²) in [4.78, 5) is 2.94. The lowest BCUT2D eigenvalue weighted by atomic mass is 10.1. The lowest BCUT2D eigenvalue weighted by molar-refractivity contribution is 0.583. The van der Waals surface area contributed by atoms with Gasteiger partial charge in [0.25, 0.3) is 0 Å². The molecule has 0 amide bonds. The topological polar surface area (TPSA) is 12.0 Å². The molecular weight excluding hydrogens is 246 g/mol. The second kappa shape index (κ2) is 5.80. The highest BCUT2D eigenvalue weighted by Crippen LogP contribution is 2.24. The van der Waals surface area contributed by atoms with E-state index in [0.29, 0.717) is 6.04 Å². The van der Waals surface area contributed by atoms with Crippen LogP contribution >= 0.6 is 22.7 Å². The molecule has 0 fully saturated rings. The molecule has 2 aromatic heterocycles. The molecule has 17 heavy (non-hydrogen) atoms. The van der Waals surface area contributed by atoms with Crippen LogP contribution in [0.1, 0.15) is 40.8 Å². The Morgan fingerprint density at radius 2 is 2.00 bits per heavy atom. The van der Waals surface area contributed by atoms with Gasteiger partial charge in [0.1, 0.15) is 0 Å². The zero-order valence-electron chi connectivity index (χ0n) is 10.6. The van der Waals surface area contributed by atoms with Gasteiger partial charge in [-0.25, -0.2) is 0 Å². The van der Waals surface area contributed by atoms with Gasteiger partial charge in [-0.15, -0.1) is 22.7 Å². The van der Waals surface area contributed by atoms with Crippen LogP contribution in [0, 0.1) is 6.92 Å². The summed E-state index contributed by atoms with van der Waals surface area (Å²) in [5.41, 5.74) is 2.88. The third-order valence-electron chi connectivity index (χ3n) is 3.08. The lowest BCUT2D eigenvalue weighted by Crippen LogP contribution is -2.17. The maximum atomic E-state index is 3.62. The van der Waals surface area contributed by atoms with Crippen LogP contribution in [0.25, 0.3) is 0 Å². The minimum Gasteiger partial charge on any atom is -0.305 e. The quantitative estimate of drug-likeness (QED) is 0.837. The van der Waals surface area contributed by atoms with Gasteiger partial charge in [-0.05, 0) is 54.3 Å². The van der Waals surface area contributed by atoms with E-state index < -0.39 is 0 Å². The van der Waals surface area contributed by atoms with Crippen molar-refractivity contribution in [2.24, 2.45) is 0 Å². The highest BCUT2D eigenvalue weighted by Gasteiger charge is 2.10. The summed E-state index contributed by atoms with van der Waals surface area (Å²) < 4.78 is 0. The van der Waals surface area contributed by atoms with E-state index in [1.807, 2.05) is 22.7 Å². The summed E-state index contributed by atoms with van der Waals surface area (Å²) in [7, 11) is 0. The molecule has 0 saturated heterocycles. The summed E-state index contributed by atoms with van der Waals surface area (Å²) in [6.45, 7) is 7.64. The van der Waals surface area contributed by atoms with Crippen LogP contribution < -0.4 is 5.32 Å². The Balaban J connectivity index is 1.97. The van der Waals surface area contributed by atoms with E-state index in [1.165, 1.54) is 20.9 Å². The van der Waals surface area contributed by atoms with Gasteiger partial charge in [-0.1, -0.05) is 6.92 Å². The van der Waals surface area contributed by atoms with Crippen molar-refractivity contribution in [2.75, 3.05) is 0 Å². The average Bonchev–Trinajstić information content (AvgIpc) is 2.94. The Morgan fingerprint density at radius 3 is 2.65 bits per heavy atom. The van der Waals surface area contributed by atoms with Gasteiger partial charge >= 0.3 is 0 Å². The van der Waals surface area contributed by atoms with Gasteiger partial charge in [0.2, 0.25) is 0 Å². The third kappa shape index (κ3) is 2.97.